The number of Topliss-reactive ketones (excluding diaryl/α,β-unsaturated/α-hetero) is 1. The van der Waals surface area contributed by atoms with Gasteiger partial charge in [-0.05, 0) is 31.4 Å². The summed E-state index contributed by atoms with van der Waals surface area (Å²) in [5, 5.41) is 0. The van der Waals surface area contributed by atoms with Crippen molar-refractivity contribution in [1.82, 2.24) is 4.90 Å². The summed E-state index contributed by atoms with van der Waals surface area (Å²) in [6.45, 7) is 5.09. The Kier molecular flexibility index (Phi) is 7.69. The molecule has 1 heterocycles. The number of rotatable bonds is 10. The SMILES string of the molecule is CCOC(=O)CCCCCC(=O)c1cccc(CN2CC=CC2)c1. The third kappa shape index (κ3) is 6.28. The second-order valence-corrected chi connectivity index (χ2v) is 6.15. The molecule has 1 aliphatic heterocycles. The van der Waals surface area contributed by atoms with E-state index < -0.39 is 0 Å². The zero-order chi connectivity index (χ0) is 17.2. The Morgan fingerprint density at radius 2 is 1.83 bits per heavy atom. The predicted octanol–water partition coefficient (Wildman–Crippen LogP) is 3.75. The van der Waals surface area contributed by atoms with E-state index in [1.165, 1.54) is 5.56 Å². The number of hydrogen-bond donors (Lipinski definition) is 0. The van der Waals surface area contributed by atoms with Crippen molar-refractivity contribution < 1.29 is 14.3 Å². The van der Waals surface area contributed by atoms with Crippen LogP contribution in [0.1, 0.15) is 54.9 Å². The second-order valence-electron chi connectivity index (χ2n) is 6.15. The van der Waals surface area contributed by atoms with Crippen molar-refractivity contribution in [1.29, 1.82) is 0 Å². The van der Waals surface area contributed by atoms with Gasteiger partial charge in [0.05, 0.1) is 6.61 Å². The fourth-order valence-corrected chi connectivity index (χ4v) is 2.86. The van der Waals surface area contributed by atoms with Gasteiger partial charge in [-0.25, -0.2) is 0 Å². The molecule has 0 atom stereocenters. The fourth-order valence-electron chi connectivity index (χ4n) is 2.86. The number of ether oxygens (including phenoxy) is 1. The van der Waals surface area contributed by atoms with Crippen LogP contribution in [-0.4, -0.2) is 36.3 Å². The zero-order valence-corrected chi connectivity index (χ0v) is 14.5. The summed E-state index contributed by atoms with van der Waals surface area (Å²) in [7, 11) is 0. The third-order valence-corrected chi connectivity index (χ3v) is 4.14. The van der Waals surface area contributed by atoms with Crippen molar-refractivity contribution in [2.24, 2.45) is 0 Å². The Morgan fingerprint density at radius 3 is 2.58 bits per heavy atom. The first-order valence-corrected chi connectivity index (χ1v) is 8.84. The molecule has 0 unspecified atom stereocenters. The van der Waals surface area contributed by atoms with Gasteiger partial charge in [0.2, 0.25) is 0 Å². The molecule has 1 aromatic rings. The Bertz CT molecular complexity index is 572. The van der Waals surface area contributed by atoms with Gasteiger partial charge in [-0.3, -0.25) is 14.5 Å². The normalized spacial score (nSPS) is 14.0. The maximum atomic E-state index is 12.3. The molecule has 0 spiro atoms. The minimum atomic E-state index is -0.145. The van der Waals surface area contributed by atoms with Crippen molar-refractivity contribution in [3.8, 4) is 0 Å². The lowest BCUT2D eigenvalue weighted by molar-refractivity contribution is -0.143. The number of carbonyl (C=O) groups excluding carboxylic acids is 2. The molecule has 0 saturated carbocycles. The minimum absolute atomic E-state index is 0.145. The summed E-state index contributed by atoms with van der Waals surface area (Å²) >= 11 is 0. The lowest BCUT2D eigenvalue weighted by Crippen LogP contribution is -2.19. The predicted molar refractivity (Wildman–Crippen MR) is 94.9 cm³/mol. The Morgan fingerprint density at radius 1 is 1.08 bits per heavy atom. The number of hydrogen-bond acceptors (Lipinski definition) is 4. The van der Waals surface area contributed by atoms with Gasteiger partial charge < -0.3 is 4.74 Å². The number of esters is 1. The van der Waals surface area contributed by atoms with E-state index in [0.717, 1.165) is 44.5 Å². The fraction of sp³-hybridized carbons (Fsp3) is 0.500. The highest BCUT2D eigenvalue weighted by molar-refractivity contribution is 5.96. The van der Waals surface area contributed by atoms with E-state index in [0.29, 0.717) is 19.4 Å². The van der Waals surface area contributed by atoms with Crippen LogP contribution < -0.4 is 0 Å². The lowest BCUT2D eigenvalue weighted by atomic mass is 10.0. The zero-order valence-electron chi connectivity index (χ0n) is 14.5. The molecule has 4 heteroatoms. The van der Waals surface area contributed by atoms with Gasteiger partial charge in [-0.15, -0.1) is 0 Å². The molecule has 0 fully saturated rings. The molecular weight excluding hydrogens is 302 g/mol. The van der Waals surface area contributed by atoms with Gasteiger partial charge in [0.15, 0.2) is 5.78 Å². The van der Waals surface area contributed by atoms with Crippen molar-refractivity contribution >= 4 is 11.8 Å². The van der Waals surface area contributed by atoms with E-state index >= 15 is 0 Å². The van der Waals surface area contributed by atoms with Crippen LogP contribution in [0, 0.1) is 0 Å². The topological polar surface area (TPSA) is 46.6 Å². The van der Waals surface area contributed by atoms with Crippen molar-refractivity contribution in [3.63, 3.8) is 0 Å². The smallest absolute Gasteiger partial charge is 0.305 e. The summed E-state index contributed by atoms with van der Waals surface area (Å²) in [4.78, 5) is 25.9. The number of unbranched alkanes of at least 4 members (excludes halogenated alkanes) is 2. The van der Waals surface area contributed by atoms with Crippen molar-refractivity contribution in [2.75, 3.05) is 19.7 Å². The van der Waals surface area contributed by atoms with E-state index in [1.807, 2.05) is 25.1 Å². The highest BCUT2D eigenvalue weighted by Gasteiger charge is 2.10. The summed E-state index contributed by atoms with van der Waals surface area (Å²) in [6.07, 6.45) is 7.81. The van der Waals surface area contributed by atoms with Crippen LogP contribution in [0.25, 0.3) is 0 Å². The van der Waals surface area contributed by atoms with Gasteiger partial charge in [0.1, 0.15) is 0 Å². The summed E-state index contributed by atoms with van der Waals surface area (Å²) in [6, 6.07) is 7.95. The molecule has 4 nitrogen and oxygen atoms in total. The van der Waals surface area contributed by atoms with Gasteiger partial charge in [0, 0.05) is 38.0 Å². The van der Waals surface area contributed by atoms with E-state index in [4.69, 9.17) is 4.74 Å². The minimum Gasteiger partial charge on any atom is -0.466 e. The molecule has 2 rings (SSSR count). The molecule has 0 bridgehead atoms. The van der Waals surface area contributed by atoms with Crippen molar-refractivity contribution in [3.05, 3.63) is 47.5 Å². The molecule has 0 aromatic heterocycles. The third-order valence-electron chi connectivity index (χ3n) is 4.14. The summed E-state index contributed by atoms with van der Waals surface area (Å²) in [5.41, 5.74) is 1.98. The first-order chi connectivity index (χ1) is 11.7. The van der Waals surface area contributed by atoms with Gasteiger partial charge in [-0.2, -0.15) is 0 Å². The Balaban J connectivity index is 1.71. The number of ketones is 1. The van der Waals surface area contributed by atoms with Gasteiger partial charge in [0.25, 0.3) is 0 Å². The molecule has 0 N–H and O–H groups in total. The average Bonchev–Trinajstić information content (AvgIpc) is 3.08. The van der Waals surface area contributed by atoms with Crippen LogP contribution >= 0.6 is 0 Å². The quantitative estimate of drug-likeness (QED) is 0.284. The standard InChI is InChI=1S/C20H27NO3/c1-2-24-20(23)12-5-3-4-11-19(22)18-10-8-9-17(15-18)16-21-13-6-7-14-21/h6-10,15H,2-5,11-14,16H2,1H3. The Hall–Kier alpha value is -1.94. The molecule has 0 saturated heterocycles. The molecular formula is C20H27NO3. The first kappa shape index (κ1) is 18.4. The molecule has 1 aliphatic rings. The Labute approximate surface area is 144 Å². The number of benzene rings is 1. The number of carbonyl (C=O) groups is 2. The highest BCUT2D eigenvalue weighted by Crippen LogP contribution is 2.14. The maximum absolute atomic E-state index is 12.3. The van der Waals surface area contributed by atoms with E-state index in [-0.39, 0.29) is 11.8 Å². The molecule has 0 radical (unpaired) electrons. The van der Waals surface area contributed by atoms with Crippen LogP contribution in [-0.2, 0) is 16.1 Å². The van der Waals surface area contributed by atoms with Crippen LogP contribution in [0.15, 0.2) is 36.4 Å². The summed E-state index contributed by atoms with van der Waals surface area (Å²) in [5.74, 6) is 0.0421. The second kappa shape index (κ2) is 10.0. The number of nitrogens with zero attached hydrogens (tertiary/aromatic N) is 1. The van der Waals surface area contributed by atoms with E-state index in [9.17, 15) is 9.59 Å². The van der Waals surface area contributed by atoms with Crippen molar-refractivity contribution in [2.45, 2.75) is 45.6 Å². The molecule has 1 aromatic carbocycles. The van der Waals surface area contributed by atoms with Crippen LogP contribution in [0.4, 0.5) is 0 Å². The molecule has 24 heavy (non-hydrogen) atoms. The molecule has 0 aliphatic carbocycles. The van der Waals surface area contributed by atoms with Gasteiger partial charge in [-0.1, -0.05) is 36.8 Å². The van der Waals surface area contributed by atoms with Crippen LogP contribution in [0.2, 0.25) is 0 Å². The molecule has 0 amide bonds. The van der Waals surface area contributed by atoms with Gasteiger partial charge >= 0.3 is 5.97 Å². The first-order valence-electron chi connectivity index (χ1n) is 8.84. The largest absolute Gasteiger partial charge is 0.466 e. The highest BCUT2D eigenvalue weighted by atomic mass is 16.5. The van der Waals surface area contributed by atoms with Crippen LogP contribution in [0.5, 0.6) is 0 Å². The average molecular weight is 329 g/mol. The summed E-state index contributed by atoms with van der Waals surface area (Å²) < 4.78 is 4.89. The lowest BCUT2D eigenvalue weighted by Gasteiger charge is -2.15. The monoisotopic (exact) mass is 329 g/mol. The molecule has 130 valence electrons. The maximum Gasteiger partial charge on any atom is 0.305 e. The van der Waals surface area contributed by atoms with E-state index in [2.05, 4.69) is 23.1 Å². The van der Waals surface area contributed by atoms with Crippen LogP contribution in [0.3, 0.4) is 0 Å². The van der Waals surface area contributed by atoms with E-state index in [1.54, 1.807) is 0 Å².